The van der Waals surface area contributed by atoms with Crippen LogP contribution in [0.15, 0.2) is 0 Å². The third-order valence-corrected chi connectivity index (χ3v) is 2.60. The highest BCUT2D eigenvalue weighted by Gasteiger charge is 2.06. The standard InChI is InChI=1S/C10H24NP/c1-4-6-8-11(10(3)12)9-7-5-2/h10H,4-9,12H2,1-3H3. The van der Waals surface area contributed by atoms with Crippen LogP contribution in [-0.4, -0.2) is 23.8 Å². The van der Waals surface area contributed by atoms with Crippen LogP contribution in [-0.2, 0) is 0 Å². The van der Waals surface area contributed by atoms with Gasteiger partial charge in [-0.15, -0.1) is 9.24 Å². The molecule has 0 spiro atoms. The smallest absolute Gasteiger partial charge is 0.0211 e. The molecule has 2 atom stereocenters. The lowest BCUT2D eigenvalue weighted by atomic mass is 10.2. The molecule has 0 heterocycles. The van der Waals surface area contributed by atoms with E-state index in [9.17, 15) is 0 Å². The lowest BCUT2D eigenvalue weighted by Crippen LogP contribution is -2.30. The SMILES string of the molecule is CCCCN(CCCC)C(C)P. The van der Waals surface area contributed by atoms with Gasteiger partial charge in [0, 0.05) is 5.78 Å². The number of rotatable bonds is 7. The molecule has 0 aromatic heterocycles. The Bertz CT molecular complexity index is 85.8. The van der Waals surface area contributed by atoms with Crippen molar-refractivity contribution in [1.82, 2.24) is 4.90 Å². The van der Waals surface area contributed by atoms with Crippen molar-refractivity contribution >= 4 is 9.24 Å². The Hall–Kier alpha value is 0.390. The fourth-order valence-corrected chi connectivity index (χ4v) is 1.54. The van der Waals surface area contributed by atoms with Crippen molar-refractivity contribution in [3.63, 3.8) is 0 Å². The van der Waals surface area contributed by atoms with Gasteiger partial charge in [0.1, 0.15) is 0 Å². The van der Waals surface area contributed by atoms with Gasteiger partial charge in [-0.05, 0) is 32.9 Å². The summed E-state index contributed by atoms with van der Waals surface area (Å²) >= 11 is 0. The van der Waals surface area contributed by atoms with Crippen LogP contribution in [0.2, 0.25) is 0 Å². The predicted octanol–water partition coefficient (Wildman–Crippen LogP) is 3.11. The lowest BCUT2D eigenvalue weighted by Gasteiger charge is -2.25. The maximum atomic E-state index is 2.89. The van der Waals surface area contributed by atoms with Crippen molar-refractivity contribution in [3.8, 4) is 0 Å². The van der Waals surface area contributed by atoms with Gasteiger partial charge in [0.05, 0.1) is 0 Å². The summed E-state index contributed by atoms with van der Waals surface area (Å²) in [4.78, 5) is 2.55. The Morgan fingerprint density at radius 2 is 1.50 bits per heavy atom. The predicted molar refractivity (Wildman–Crippen MR) is 60.6 cm³/mol. The number of hydrogen-bond donors (Lipinski definition) is 0. The molecule has 0 bridgehead atoms. The topological polar surface area (TPSA) is 3.24 Å². The van der Waals surface area contributed by atoms with Crippen LogP contribution in [0.25, 0.3) is 0 Å². The highest BCUT2D eigenvalue weighted by atomic mass is 31.0. The van der Waals surface area contributed by atoms with E-state index >= 15 is 0 Å². The molecule has 0 saturated carbocycles. The van der Waals surface area contributed by atoms with E-state index in [1.165, 1.54) is 38.8 Å². The number of unbranched alkanes of at least 4 members (excludes halogenated alkanes) is 2. The second-order valence-electron chi connectivity index (χ2n) is 3.48. The molecule has 1 nitrogen and oxygen atoms in total. The molecule has 0 N–H and O–H groups in total. The van der Waals surface area contributed by atoms with Gasteiger partial charge in [0.15, 0.2) is 0 Å². The molecule has 0 aliphatic rings. The summed E-state index contributed by atoms with van der Waals surface area (Å²) in [5.74, 6) is 0.642. The van der Waals surface area contributed by atoms with Gasteiger partial charge in [-0.1, -0.05) is 26.7 Å². The maximum Gasteiger partial charge on any atom is 0.0211 e. The summed E-state index contributed by atoms with van der Waals surface area (Å²) < 4.78 is 0. The molecule has 0 fully saturated rings. The molecule has 0 aromatic carbocycles. The highest BCUT2D eigenvalue weighted by molar-refractivity contribution is 7.17. The minimum atomic E-state index is 0.642. The minimum Gasteiger partial charge on any atom is -0.297 e. The molecular formula is C10H24NP. The number of nitrogens with zero attached hydrogens (tertiary/aromatic N) is 1. The molecule has 0 aromatic rings. The Labute approximate surface area is 80.1 Å². The molecule has 0 aliphatic heterocycles. The zero-order chi connectivity index (χ0) is 9.40. The zero-order valence-electron chi connectivity index (χ0n) is 8.84. The molecule has 74 valence electrons. The van der Waals surface area contributed by atoms with Gasteiger partial charge in [-0.2, -0.15) is 0 Å². The summed E-state index contributed by atoms with van der Waals surface area (Å²) in [7, 11) is 2.89. The van der Waals surface area contributed by atoms with Crippen molar-refractivity contribution in [2.45, 2.75) is 52.2 Å². The first-order valence-electron chi connectivity index (χ1n) is 5.22. The Balaban J connectivity index is 3.55. The largest absolute Gasteiger partial charge is 0.297 e. The van der Waals surface area contributed by atoms with Crippen LogP contribution in [0.5, 0.6) is 0 Å². The summed E-state index contributed by atoms with van der Waals surface area (Å²) in [6, 6.07) is 0. The summed E-state index contributed by atoms with van der Waals surface area (Å²) in [5, 5.41) is 0. The Kier molecular flexibility index (Phi) is 8.27. The van der Waals surface area contributed by atoms with E-state index in [1.54, 1.807) is 0 Å². The average molecular weight is 189 g/mol. The van der Waals surface area contributed by atoms with Gasteiger partial charge < -0.3 is 0 Å². The van der Waals surface area contributed by atoms with E-state index in [2.05, 4.69) is 34.9 Å². The average Bonchev–Trinajstić information content (AvgIpc) is 2.04. The van der Waals surface area contributed by atoms with E-state index in [1.807, 2.05) is 0 Å². The molecule has 12 heavy (non-hydrogen) atoms. The van der Waals surface area contributed by atoms with E-state index in [-0.39, 0.29) is 0 Å². The van der Waals surface area contributed by atoms with Gasteiger partial charge in [0.2, 0.25) is 0 Å². The van der Waals surface area contributed by atoms with Crippen molar-refractivity contribution in [2.75, 3.05) is 13.1 Å². The lowest BCUT2D eigenvalue weighted by molar-refractivity contribution is 0.258. The van der Waals surface area contributed by atoms with Crippen molar-refractivity contribution in [1.29, 1.82) is 0 Å². The first-order chi connectivity index (χ1) is 5.72. The molecular weight excluding hydrogens is 165 g/mol. The molecule has 0 amide bonds. The molecule has 0 aliphatic carbocycles. The van der Waals surface area contributed by atoms with Crippen molar-refractivity contribution < 1.29 is 0 Å². The Morgan fingerprint density at radius 1 is 1.08 bits per heavy atom. The van der Waals surface area contributed by atoms with E-state index < -0.39 is 0 Å². The molecule has 0 rings (SSSR count). The van der Waals surface area contributed by atoms with Gasteiger partial charge in [-0.3, -0.25) is 4.90 Å². The maximum absolute atomic E-state index is 2.89. The van der Waals surface area contributed by atoms with Crippen LogP contribution in [0, 0.1) is 0 Å². The van der Waals surface area contributed by atoms with Crippen molar-refractivity contribution in [2.24, 2.45) is 0 Å². The van der Waals surface area contributed by atoms with E-state index in [0.29, 0.717) is 5.78 Å². The van der Waals surface area contributed by atoms with E-state index in [0.717, 1.165) is 0 Å². The molecule has 0 saturated heterocycles. The zero-order valence-corrected chi connectivity index (χ0v) is 10.00. The van der Waals surface area contributed by atoms with Crippen molar-refractivity contribution in [3.05, 3.63) is 0 Å². The summed E-state index contributed by atoms with van der Waals surface area (Å²) in [6.07, 6.45) is 5.28. The first-order valence-corrected chi connectivity index (χ1v) is 5.88. The Morgan fingerprint density at radius 3 is 1.75 bits per heavy atom. The van der Waals surface area contributed by atoms with Crippen LogP contribution >= 0.6 is 9.24 Å². The first kappa shape index (κ1) is 12.4. The fraction of sp³-hybridized carbons (Fsp3) is 1.00. The second-order valence-corrected chi connectivity index (χ2v) is 4.45. The fourth-order valence-electron chi connectivity index (χ4n) is 1.24. The van der Waals surface area contributed by atoms with Crippen LogP contribution < -0.4 is 0 Å². The summed E-state index contributed by atoms with van der Waals surface area (Å²) in [6.45, 7) is 9.30. The van der Waals surface area contributed by atoms with Gasteiger partial charge >= 0.3 is 0 Å². The van der Waals surface area contributed by atoms with Gasteiger partial charge in [0.25, 0.3) is 0 Å². The third kappa shape index (κ3) is 5.97. The summed E-state index contributed by atoms with van der Waals surface area (Å²) in [5.41, 5.74) is 0. The highest BCUT2D eigenvalue weighted by Crippen LogP contribution is 2.09. The van der Waals surface area contributed by atoms with Crippen LogP contribution in [0.3, 0.4) is 0 Å². The monoisotopic (exact) mass is 189 g/mol. The van der Waals surface area contributed by atoms with E-state index in [4.69, 9.17) is 0 Å². The number of hydrogen-bond acceptors (Lipinski definition) is 1. The molecule has 0 radical (unpaired) electrons. The van der Waals surface area contributed by atoms with Crippen LogP contribution in [0.1, 0.15) is 46.5 Å². The minimum absolute atomic E-state index is 0.642. The molecule has 2 unspecified atom stereocenters. The normalized spacial score (nSPS) is 13.8. The van der Waals surface area contributed by atoms with Crippen LogP contribution in [0.4, 0.5) is 0 Å². The second kappa shape index (κ2) is 8.01. The van der Waals surface area contributed by atoms with Gasteiger partial charge in [-0.25, -0.2) is 0 Å². The molecule has 2 heteroatoms. The third-order valence-electron chi connectivity index (χ3n) is 2.17. The quantitative estimate of drug-likeness (QED) is 0.556.